The molecule has 1 aromatic heterocycles. The van der Waals surface area contributed by atoms with E-state index in [0.29, 0.717) is 0 Å². The van der Waals surface area contributed by atoms with Crippen LogP contribution in [0.4, 0.5) is 11.4 Å². The number of carbonyl (C=O) groups is 1. The predicted molar refractivity (Wildman–Crippen MR) is 110 cm³/mol. The number of nitrogens with one attached hydrogen (secondary N) is 3. The van der Waals surface area contributed by atoms with Crippen LogP contribution in [-0.4, -0.2) is 29.5 Å². The average molecular weight is 360 g/mol. The van der Waals surface area contributed by atoms with Crippen molar-refractivity contribution in [3.63, 3.8) is 0 Å². The molecular formula is C22H24N4O. The van der Waals surface area contributed by atoms with Crippen LogP contribution in [0.25, 0.3) is 10.8 Å². The van der Waals surface area contributed by atoms with Crippen LogP contribution in [0.2, 0.25) is 0 Å². The van der Waals surface area contributed by atoms with Crippen LogP contribution < -0.4 is 16.0 Å². The molecule has 3 aromatic rings. The van der Waals surface area contributed by atoms with Gasteiger partial charge in [-0.25, -0.2) is 0 Å². The molecule has 3 N–H and O–H groups in total. The fraction of sp³-hybridized carbons (Fsp3) is 0.273. The Kier molecular flexibility index (Phi) is 5.03. The highest BCUT2D eigenvalue weighted by Crippen LogP contribution is 2.21. The highest BCUT2D eigenvalue weighted by Gasteiger charge is 2.29. The first-order valence-electron chi connectivity index (χ1n) is 9.45. The van der Waals surface area contributed by atoms with Gasteiger partial charge in [-0.15, -0.1) is 0 Å². The SMILES string of the molecule is CCc1ccc(NC(=O)[C@@H]2C[C@H](Nc3ccc4cnccc4c3)CN2)cc1. The van der Waals surface area contributed by atoms with Gasteiger partial charge in [-0.2, -0.15) is 0 Å². The van der Waals surface area contributed by atoms with Gasteiger partial charge in [0.2, 0.25) is 5.91 Å². The number of benzene rings is 2. The van der Waals surface area contributed by atoms with Crippen molar-refractivity contribution in [1.82, 2.24) is 10.3 Å². The lowest BCUT2D eigenvalue weighted by Gasteiger charge is -2.14. The van der Waals surface area contributed by atoms with Gasteiger partial charge in [-0.3, -0.25) is 9.78 Å². The van der Waals surface area contributed by atoms with Crippen molar-refractivity contribution in [3.05, 3.63) is 66.5 Å². The Morgan fingerprint density at radius 2 is 1.93 bits per heavy atom. The van der Waals surface area contributed by atoms with E-state index in [0.717, 1.165) is 41.5 Å². The Balaban J connectivity index is 1.35. The average Bonchev–Trinajstić information content (AvgIpc) is 3.17. The second-order valence-corrected chi connectivity index (χ2v) is 7.02. The standard InChI is InChI=1S/C22H24N4O/c1-2-15-3-6-18(7-4-15)26-22(27)21-12-20(14-24-21)25-19-8-5-17-13-23-10-9-16(17)11-19/h3-11,13,20-21,24-25H,2,12,14H2,1H3,(H,26,27)/t20-,21-/m0/s1. The first kappa shape index (κ1) is 17.5. The number of rotatable bonds is 5. The molecular weight excluding hydrogens is 336 g/mol. The molecule has 0 bridgehead atoms. The van der Waals surface area contributed by atoms with Crippen LogP contribution in [0.15, 0.2) is 60.9 Å². The Hall–Kier alpha value is -2.92. The lowest BCUT2D eigenvalue weighted by atomic mass is 10.1. The Morgan fingerprint density at radius 1 is 1.11 bits per heavy atom. The Labute approximate surface area is 159 Å². The van der Waals surface area contributed by atoms with E-state index in [1.165, 1.54) is 5.56 Å². The molecule has 1 aliphatic heterocycles. The molecule has 2 aromatic carbocycles. The number of carbonyl (C=O) groups excluding carboxylic acids is 1. The van der Waals surface area contributed by atoms with E-state index in [1.807, 2.05) is 24.4 Å². The summed E-state index contributed by atoms with van der Waals surface area (Å²) in [6.07, 6.45) is 5.42. The highest BCUT2D eigenvalue weighted by molar-refractivity contribution is 5.95. The molecule has 2 heterocycles. The summed E-state index contributed by atoms with van der Waals surface area (Å²) in [5, 5.41) is 12.1. The van der Waals surface area contributed by atoms with Crippen molar-refractivity contribution in [2.45, 2.75) is 31.8 Å². The molecule has 4 rings (SSSR count). The molecule has 0 aliphatic carbocycles. The number of hydrogen-bond acceptors (Lipinski definition) is 4. The van der Waals surface area contributed by atoms with E-state index in [1.54, 1.807) is 6.20 Å². The van der Waals surface area contributed by atoms with E-state index >= 15 is 0 Å². The van der Waals surface area contributed by atoms with Gasteiger partial charge in [0, 0.05) is 41.7 Å². The fourth-order valence-corrected chi connectivity index (χ4v) is 3.51. The first-order valence-corrected chi connectivity index (χ1v) is 9.45. The van der Waals surface area contributed by atoms with E-state index < -0.39 is 0 Å². The van der Waals surface area contributed by atoms with Gasteiger partial charge in [-0.1, -0.05) is 25.1 Å². The Morgan fingerprint density at radius 3 is 2.74 bits per heavy atom. The number of nitrogens with zero attached hydrogens (tertiary/aromatic N) is 1. The minimum Gasteiger partial charge on any atom is -0.381 e. The van der Waals surface area contributed by atoms with Crippen molar-refractivity contribution in [2.75, 3.05) is 17.2 Å². The highest BCUT2D eigenvalue weighted by atomic mass is 16.2. The van der Waals surface area contributed by atoms with E-state index in [4.69, 9.17) is 0 Å². The topological polar surface area (TPSA) is 66.0 Å². The summed E-state index contributed by atoms with van der Waals surface area (Å²) >= 11 is 0. The number of amides is 1. The van der Waals surface area contributed by atoms with Crippen molar-refractivity contribution in [1.29, 1.82) is 0 Å². The number of anilines is 2. The van der Waals surface area contributed by atoms with Crippen LogP contribution in [0.3, 0.4) is 0 Å². The summed E-state index contributed by atoms with van der Waals surface area (Å²) in [6, 6.07) is 16.3. The second-order valence-electron chi connectivity index (χ2n) is 7.02. The summed E-state index contributed by atoms with van der Waals surface area (Å²) in [5.74, 6) is 0.0214. The van der Waals surface area contributed by atoms with Crippen molar-refractivity contribution in [2.24, 2.45) is 0 Å². The minimum atomic E-state index is -0.182. The van der Waals surface area contributed by atoms with E-state index in [2.05, 4.69) is 58.2 Å². The van der Waals surface area contributed by atoms with Gasteiger partial charge in [0.05, 0.1) is 6.04 Å². The second kappa shape index (κ2) is 7.76. The molecule has 1 saturated heterocycles. The number of fused-ring (bicyclic) bond motifs is 1. The van der Waals surface area contributed by atoms with Crippen molar-refractivity contribution >= 4 is 28.1 Å². The zero-order valence-electron chi connectivity index (χ0n) is 15.4. The summed E-state index contributed by atoms with van der Waals surface area (Å²) in [4.78, 5) is 16.7. The molecule has 0 spiro atoms. The lowest BCUT2D eigenvalue weighted by molar-refractivity contribution is -0.117. The third-order valence-electron chi connectivity index (χ3n) is 5.09. The zero-order chi connectivity index (χ0) is 18.6. The third kappa shape index (κ3) is 4.09. The molecule has 1 amide bonds. The molecule has 2 atom stereocenters. The predicted octanol–water partition coefficient (Wildman–Crippen LogP) is 3.58. The molecule has 5 nitrogen and oxygen atoms in total. The molecule has 1 fully saturated rings. The number of aromatic nitrogens is 1. The van der Waals surface area contributed by atoms with Crippen LogP contribution >= 0.6 is 0 Å². The summed E-state index contributed by atoms with van der Waals surface area (Å²) in [5.41, 5.74) is 3.18. The van der Waals surface area contributed by atoms with E-state index in [9.17, 15) is 4.79 Å². The number of aryl methyl sites for hydroxylation is 1. The van der Waals surface area contributed by atoms with Crippen molar-refractivity contribution < 1.29 is 4.79 Å². The van der Waals surface area contributed by atoms with Gasteiger partial charge >= 0.3 is 0 Å². The van der Waals surface area contributed by atoms with Gasteiger partial charge in [0.15, 0.2) is 0 Å². The minimum absolute atomic E-state index is 0.0214. The van der Waals surface area contributed by atoms with Crippen LogP contribution in [-0.2, 0) is 11.2 Å². The van der Waals surface area contributed by atoms with Gasteiger partial charge in [-0.05, 0) is 54.1 Å². The summed E-state index contributed by atoms with van der Waals surface area (Å²) in [6.45, 7) is 2.89. The normalized spacial score (nSPS) is 19.1. The van der Waals surface area contributed by atoms with Gasteiger partial charge in [0.1, 0.15) is 0 Å². The third-order valence-corrected chi connectivity index (χ3v) is 5.09. The molecule has 5 heteroatoms. The van der Waals surface area contributed by atoms with Gasteiger partial charge in [0.25, 0.3) is 0 Å². The fourth-order valence-electron chi connectivity index (χ4n) is 3.51. The molecule has 0 saturated carbocycles. The quantitative estimate of drug-likeness (QED) is 0.651. The smallest absolute Gasteiger partial charge is 0.241 e. The van der Waals surface area contributed by atoms with E-state index in [-0.39, 0.29) is 18.0 Å². The monoisotopic (exact) mass is 360 g/mol. The van der Waals surface area contributed by atoms with Crippen LogP contribution in [0.1, 0.15) is 18.9 Å². The van der Waals surface area contributed by atoms with Crippen molar-refractivity contribution in [3.8, 4) is 0 Å². The molecule has 0 radical (unpaired) electrons. The summed E-state index contributed by atoms with van der Waals surface area (Å²) < 4.78 is 0. The molecule has 138 valence electrons. The number of hydrogen-bond donors (Lipinski definition) is 3. The van der Waals surface area contributed by atoms with Crippen LogP contribution in [0.5, 0.6) is 0 Å². The maximum Gasteiger partial charge on any atom is 0.241 e. The lowest BCUT2D eigenvalue weighted by Crippen LogP contribution is -2.35. The molecule has 27 heavy (non-hydrogen) atoms. The Bertz CT molecular complexity index is 938. The molecule has 0 unspecified atom stereocenters. The summed E-state index contributed by atoms with van der Waals surface area (Å²) in [7, 11) is 0. The number of pyridine rings is 1. The van der Waals surface area contributed by atoms with Gasteiger partial charge < -0.3 is 16.0 Å². The largest absolute Gasteiger partial charge is 0.381 e. The zero-order valence-corrected chi connectivity index (χ0v) is 15.4. The molecule has 1 aliphatic rings. The van der Waals surface area contributed by atoms with Crippen LogP contribution in [0, 0.1) is 0 Å². The maximum atomic E-state index is 12.5. The maximum absolute atomic E-state index is 12.5. The first-order chi connectivity index (χ1) is 13.2.